The van der Waals surface area contributed by atoms with E-state index in [-0.39, 0.29) is 26.5 Å². The van der Waals surface area contributed by atoms with Crippen molar-refractivity contribution in [2.24, 2.45) is 0 Å². The minimum Gasteiger partial charge on any atom is -0.489 e. The van der Waals surface area contributed by atoms with Gasteiger partial charge in [0.2, 0.25) is 0 Å². The maximum absolute atomic E-state index is 12.6. The SMILES string of the molecule is C.COC(=O)c1cc2cc(OCc3ccccc3)ccc2n1COC(=O)Cc1ccc([N+](C)(C)C)cc1. The van der Waals surface area contributed by atoms with Gasteiger partial charge in [-0.2, -0.15) is 0 Å². The van der Waals surface area contributed by atoms with Gasteiger partial charge in [-0.3, -0.25) is 9.28 Å². The Bertz CT molecular complexity index is 1350. The number of quaternary nitrogens is 1. The molecule has 0 spiro atoms. The number of hydrogen-bond donors (Lipinski definition) is 0. The highest BCUT2D eigenvalue weighted by molar-refractivity contribution is 5.96. The molecule has 1 aromatic heterocycles. The van der Waals surface area contributed by atoms with E-state index in [1.807, 2.05) is 72.8 Å². The number of ether oxygens (including phenoxy) is 3. The average molecular weight is 504 g/mol. The van der Waals surface area contributed by atoms with Crippen molar-refractivity contribution in [2.75, 3.05) is 28.3 Å². The molecule has 0 saturated carbocycles. The van der Waals surface area contributed by atoms with Gasteiger partial charge in [-0.05, 0) is 47.5 Å². The fourth-order valence-electron chi connectivity index (χ4n) is 3.91. The third-order valence-electron chi connectivity index (χ3n) is 5.93. The topological polar surface area (TPSA) is 66.8 Å². The molecule has 0 N–H and O–H groups in total. The largest absolute Gasteiger partial charge is 0.489 e. The van der Waals surface area contributed by atoms with Crippen LogP contribution in [0.15, 0.2) is 78.9 Å². The molecule has 7 nitrogen and oxygen atoms in total. The number of carbonyl (C=O) groups excluding carboxylic acids is 2. The van der Waals surface area contributed by atoms with Gasteiger partial charge in [-0.25, -0.2) is 4.79 Å². The molecule has 4 rings (SSSR count). The first kappa shape index (κ1) is 27.5. The second kappa shape index (κ2) is 11.8. The van der Waals surface area contributed by atoms with Gasteiger partial charge in [0.1, 0.15) is 23.7 Å². The predicted octanol–water partition coefficient (Wildman–Crippen LogP) is 5.58. The number of fused-ring (bicyclic) bond motifs is 1. The third-order valence-corrected chi connectivity index (χ3v) is 5.93. The second-order valence-electron chi connectivity index (χ2n) is 9.45. The Morgan fingerprint density at radius 1 is 0.865 bits per heavy atom. The first-order valence-electron chi connectivity index (χ1n) is 11.7. The molecule has 0 amide bonds. The van der Waals surface area contributed by atoms with Crippen LogP contribution in [0.4, 0.5) is 5.69 Å². The average Bonchev–Trinajstić information content (AvgIpc) is 3.24. The van der Waals surface area contributed by atoms with Gasteiger partial charge in [0.15, 0.2) is 6.73 Å². The van der Waals surface area contributed by atoms with Gasteiger partial charge >= 0.3 is 11.9 Å². The summed E-state index contributed by atoms with van der Waals surface area (Å²) in [5.41, 5.74) is 4.10. The van der Waals surface area contributed by atoms with Crippen LogP contribution >= 0.6 is 0 Å². The predicted molar refractivity (Wildman–Crippen MR) is 147 cm³/mol. The fraction of sp³-hybridized carbons (Fsp3) is 0.267. The standard InChI is InChI=1S/C29H31N2O5.CH4/c1-31(2,3)24-12-10-21(11-13-24)16-28(32)36-20-30-26-15-14-25(35-19-22-8-6-5-7-9-22)17-23(26)18-27(30)29(33)34-4;/h5-15,17-18H,16,19-20H2,1-4H3;1H4/q+1;. The number of benzene rings is 3. The van der Waals surface area contributed by atoms with Crippen LogP contribution in [0.1, 0.15) is 29.0 Å². The molecule has 37 heavy (non-hydrogen) atoms. The lowest BCUT2D eigenvalue weighted by Crippen LogP contribution is -2.34. The highest BCUT2D eigenvalue weighted by atomic mass is 16.5. The lowest BCUT2D eigenvalue weighted by Gasteiger charge is -2.23. The van der Waals surface area contributed by atoms with Crippen molar-refractivity contribution >= 4 is 28.5 Å². The molecular formula is C30H35N2O5+. The van der Waals surface area contributed by atoms with E-state index < -0.39 is 5.97 Å². The number of carbonyl (C=O) groups is 2. The van der Waals surface area contributed by atoms with E-state index in [4.69, 9.17) is 14.2 Å². The quantitative estimate of drug-likeness (QED) is 0.220. The summed E-state index contributed by atoms with van der Waals surface area (Å²) >= 11 is 0. The molecule has 0 atom stereocenters. The summed E-state index contributed by atoms with van der Waals surface area (Å²) in [6.07, 6.45) is 0.141. The molecule has 0 bridgehead atoms. The van der Waals surface area contributed by atoms with Crippen LogP contribution in [0.25, 0.3) is 10.9 Å². The number of aromatic nitrogens is 1. The minimum absolute atomic E-state index is 0. The summed E-state index contributed by atoms with van der Waals surface area (Å²) in [4.78, 5) is 25.0. The normalized spacial score (nSPS) is 11.0. The number of nitrogens with zero attached hydrogens (tertiary/aromatic N) is 2. The van der Waals surface area contributed by atoms with Gasteiger partial charge in [0.05, 0.1) is 40.2 Å². The smallest absolute Gasteiger partial charge is 0.354 e. The number of esters is 2. The molecule has 194 valence electrons. The molecule has 0 radical (unpaired) electrons. The van der Waals surface area contributed by atoms with E-state index in [2.05, 4.69) is 21.1 Å². The summed E-state index contributed by atoms with van der Waals surface area (Å²) in [7, 11) is 7.58. The van der Waals surface area contributed by atoms with E-state index in [0.29, 0.717) is 22.5 Å². The van der Waals surface area contributed by atoms with Crippen molar-refractivity contribution in [3.63, 3.8) is 0 Å². The monoisotopic (exact) mass is 503 g/mol. The van der Waals surface area contributed by atoms with Crippen molar-refractivity contribution in [1.82, 2.24) is 9.05 Å². The zero-order valence-electron chi connectivity index (χ0n) is 21.1. The minimum atomic E-state index is -0.509. The molecule has 0 unspecified atom stereocenters. The summed E-state index contributed by atoms with van der Waals surface area (Å²) in [6, 6.07) is 25.0. The molecule has 3 aromatic carbocycles. The Morgan fingerprint density at radius 3 is 2.22 bits per heavy atom. The van der Waals surface area contributed by atoms with Gasteiger partial charge in [0.25, 0.3) is 0 Å². The Balaban J connectivity index is 0.00000380. The lowest BCUT2D eigenvalue weighted by atomic mass is 10.1. The molecule has 0 fully saturated rings. The van der Waals surface area contributed by atoms with Crippen LogP contribution in [0.3, 0.4) is 0 Å². The zero-order chi connectivity index (χ0) is 25.7. The van der Waals surface area contributed by atoms with E-state index in [9.17, 15) is 9.59 Å². The summed E-state index contributed by atoms with van der Waals surface area (Å²) < 4.78 is 18.8. The molecule has 0 saturated heterocycles. The number of rotatable bonds is 9. The molecule has 1 heterocycles. The zero-order valence-corrected chi connectivity index (χ0v) is 21.1. The highest BCUT2D eigenvalue weighted by Crippen LogP contribution is 2.26. The van der Waals surface area contributed by atoms with Crippen LogP contribution < -0.4 is 9.22 Å². The van der Waals surface area contributed by atoms with E-state index in [1.165, 1.54) is 7.11 Å². The van der Waals surface area contributed by atoms with Crippen molar-refractivity contribution in [2.45, 2.75) is 27.2 Å². The van der Waals surface area contributed by atoms with Gasteiger partial charge < -0.3 is 18.8 Å². The Kier molecular flexibility index (Phi) is 8.73. The van der Waals surface area contributed by atoms with E-state index >= 15 is 0 Å². The summed E-state index contributed by atoms with van der Waals surface area (Å²) in [5, 5.41) is 0.785. The fourth-order valence-corrected chi connectivity index (χ4v) is 3.91. The van der Waals surface area contributed by atoms with Crippen LogP contribution in [0, 0.1) is 0 Å². The van der Waals surface area contributed by atoms with Crippen LogP contribution in [-0.4, -0.2) is 44.8 Å². The van der Waals surface area contributed by atoms with Crippen molar-refractivity contribution in [1.29, 1.82) is 0 Å². The molecular weight excluding hydrogens is 468 g/mol. The lowest BCUT2D eigenvalue weighted by molar-refractivity contribution is -0.146. The molecule has 4 aromatic rings. The van der Waals surface area contributed by atoms with Gasteiger partial charge in [0, 0.05) is 5.39 Å². The highest BCUT2D eigenvalue weighted by Gasteiger charge is 2.18. The molecule has 7 heteroatoms. The Morgan fingerprint density at radius 2 is 1.57 bits per heavy atom. The van der Waals surface area contributed by atoms with Gasteiger partial charge in [-0.1, -0.05) is 49.9 Å². The molecule has 0 aliphatic heterocycles. The number of hydrogen-bond acceptors (Lipinski definition) is 5. The Hall–Kier alpha value is -4.10. The summed E-state index contributed by atoms with van der Waals surface area (Å²) in [5.74, 6) is -0.215. The summed E-state index contributed by atoms with van der Waals surface area (Å²) in [6.45, 7) is 0.332. The van der Waals surface area contributed by atoms with Crippen LogP contribution in [-0.2, 0) is 34.0 Å². The first-order chi connectivity index (χ1) is 17.2. The second-order valence-corrected chi connectivity index (χ2v) is 9.45. The van der Waals surface area contributed by atoms with E-state index in [1.54, 1.807) is 10.6 Å². The maximum atomic E-state index is 12.6. The maximum Gasteiger partial charge on any atom is 0.354 e. The molecule has 0 aliphatic carbocycles. The third kappa shape index (κ3) is 6.77. The van der Waals surface area contributed by atoms with E-state index in [0.717, 1.165) is 27.7 Å². The molecule has 0 aliphatic rings. The van der Waals surface area contributed by atoms with Gasteiger partial charge in [-0.15, -0.1) is 0 Å². The van der Waals surface area contributed by atoms with Crippen LogP contribution in [0.5, 0.6) is 5.75 Å². The Labute approximate surface area is 218 Å². The van der Waals surface area contributed by atoms with Crippen molar-refractivity contribution < 1.29 is 23.8 Å². The van der Waals surface area contributed by atoms with Crippen LogP contribution in [0.2, 0.25) is 0 Å². The number of methoxy groups -OCH3 is 1. The van der Waals surface area contributed by atoms with Crippen molar-refractivity contribution in [3.05, 3.63) is 95.7 Å². The first-order valence-corrected chi connectivity index (χ1v) is 11.7. The van der Waals surface area contributed by atoms with Crippen molar-refractivity contribution in [3.8, 4) is 5.75 Å².